The van der Waals surface area contributed by atoms with Gasteiger partial charge in [0.15, 0.2) is 11.5 Å². The quantitative estimate of drug-likeness (QED) is 0.148. The Hall–Kier alpha value is -4.40. The van der Waals surface area contributed by atoms with Crippen molar-refractivity contribution >= 4 is 52.5 Å². The summed E-state index contributed by atoms with van der Waals surface area (Å²) in [5, 5.41) is 5.15. The number of rotatable bonds is 13. The van der Waals surface area contributed by atoms with Crippen LogP contribution in [0.4, 0.5) is 18.9 Å². The number of alkyl halides is 2. The second-order valence-electron chi connectivity index (χ2n) is 12.9. The molecule has 0 saturated carbocycles. The zero-order chi connectivity index (χ0) is 36.9. The largest absolute Gasteiger partial charge is 0.490 e. The Bertz CT molecular complexity index is 1840. The third-order valence-electron chi connectivity index (χ3n) is 9.57. The summed E-state index contributed by atoms with van der Waals surface area (Å²) in [7, 11) is 0. The topological polar surface area (TPSA) is 130 Å². The summed E-state index contributed by atoms with van der Waals surface area (Å²) in [4.78, 5) is 57.8. The Morgan fingerprint density at radius 2 is 1.75 bits per heavy atom. The predicted octanol–water partition coefficient (Wildman–Crippen LogP) is 6.57. The average molecular weight is 763 g/mol. The van der Waals surface area contributed by atoms with E-state index in [0.717, 1.165) is 56.4 Å². The molecule has 1 unspecified atom stereocenters. The maximum atomic E-state index is 14.8. The van der Waals surface area contributed by atoms with Crippen molar-refractivity contribution in [3.63, 3.8) is 0 Å². The smallest absolute Gasteiger partial charge is 0.387 e. The molecule has 52 heavy (non-hydrogen) atoms. The van der Waals surface area contributed by atoms with Crippen molar-refractivity contribution in [2.24, 2.45) is 0 Å². The average Bonchev–Trinajstić information content (AvgIpc) is 3.43. The number of ether oxygens (including phenoxy) is 2. The number of pyridine rings is 1. The van der Waals surface area contributed by atoms with Gasteiger partial charge < -0.3 is 24.6 Å². The van der Waals surface area contributed by atoms with Gasteiger partial charge in [-0.05, 0) is 106 Å². The highest BCUT2D eigenvalue weighted by molar-refractivity contribution is 6.39. The van der Waals surface area contributed by atoms with Crippen LogP contribution in [0.1, 0.15) is 82.7 Å². The summed E-state index contributed by atoms with van der Waals surface area (Å²) >= 11 is 12.2. The molecular weight excluding hydrogens is 726 g/mol. The Balaban J connectivity index is 0.974. The minimum absolute atomic E-state index is 0.00675. The molecule has 3 aliphatic heterocycles. The van der Waals surface area contributed by atoms with E-state index in [1.54, 1.807) is 0 Å². The van der Waals surface area contributed by atoms with Crippen molar-refractivity contribution < 1.29 is 41.8 Å². The van der Waals surface area contributed by atoms with E-state index in [4.69, 9.17) is 27.9 Å². The molecule has 2 N–H and O–H groups in total. The number of imide groups is 1. The van der Waals surface area contributed by atoms with Gasteiger partial charge >= 0.3 is 6.61 Å². The first-order valence-corrected chi connectivity index (χ1v) is 17.8. The molecule has 0 aliphatic carbocycles. The molecule has 2 saturated heterocycles. The van der Waals surface area contributed by atoms with Gasteiger partial charge in [0.25, 0.3) is 11.8 Å². The second-order valence-corrected chi connectivity index (χ2v) is 13.7. The number of halogens is 5. The lowest BCUT2D eigenvalue weighted by Gasteiger charge is -2.33. The van der Waals surface area contributed by atoms with Crippen LogP contribution < -0.4 is 20.1 Å². The van der Waals surface area contributed by atoms with Crippen LogP contribution in [0.5, 0.6) is 11.5 Å². The maximum absolute atomic E-state index is 14.8. The van der Waals surface area contributed by atoms with Gasteiger partial charge in [0, 0.05) is 36.5 Å². The summed E-state index contributed by atoms with van der Waals surface area (Å²) in [6.45, 7) is -0.273. The van der Waals surface area contributed by atoms with Gasteiger partial charge in [0.05, 0.1) is 22.3 Å². The van der Waals surface area contributed by atoms with Crippen molar-refractivity contribution in [2.45, 2.75) is 70.1 Å². The van der Waals surface area contributed by atoms with E-state index in [0.29, 0.717) is 6.42 Å². The van der Waals surface area contributed by atoms with Crippen molar-refractivity contribution in [3.8, 4) is 11.5 Å². The third kappa shape index (κ3) is 8.62. The molecule has 3 aliphatic rings. The fraction of sp³-hybridized carbons (Fsp3) is 0.417. The Kier molecular flexibility index (Phi) is 11.9. The Morgan fingerprint density at radius 1 is 1.00 bits per heavy atom. The molecular formula is C36H36Cl2F3N5O6. The number of nitrogens with one attached hydrogen (secondary N) is 2. The van der Waals surface area contributed by atoms with Gasteiger partial charge in [0.2, 0.25) is 11.8 Å². The number of aromatic nitrogens is 1. The van der Waals surface area contributed by atoms with Crippen LogP contribution in [-0.4, -0.2) is 77.3 Å². The fourth-order valence-electron chi connectivity index (χ4n) is 6.95. The highest BCUT2D eigenvalue weighted by atomic mass is 35.5. The zero-order valence-electron chi connectivity index (χ0n) is 27.9. The number of amides is 4. The molecule has 2 aromatic carbocycles. The zero-order valence-corrected chi connectivity index (χ0v) is 29.5. The van der Waals surface area contributed by atoms with Gasteiger partial charge in [0.1, 0.15) is 11.9 Å². The monoisotopic (exact) mass is 761 g/mol. The normalized spacial score (nSPS) is 18.1. The molecule has 276 valence electrons. The summed E-state index contributed by atoms with van der Waals surface area (Å²) in [6.07, 6.45) is 6.86. The second kappa shape index (κ2) is 16.5. The van der Waals surface area contributed by atoms with Crippen LogP contribution in [-0.2, 0) is 16.1 Å². The van der Waals surface area contributed by atoms with E-state index in [9.17, 15) is 32.3 Å². The molecule has 3 aromatic rings. The van der Waals surface area contributed by atoms with Crippen molar-refractivity contribution in [2.75, 3.05) is 31.6 Å². The molecule has 4 amide bonds. The van der Waals surface area contributed by atoms with Crippen molar-refractivity contribution in [1.82, 2.24) is 20.1 Å². The summed E-state index contributed by atoms with van der Waals surface area (Å²) in [6, 6.07) is 5.86. The summed E-state index contributed by atoms with van der Waals surface area (Å²) in [5.74, 6) is -2.48. The number of carbonyl (C=O) groups is 4. The number of likely N-dealkylation sites (tertiary alicyclic amines) is 1. The molecule has 1 atom stereocenters. The number of piperidine rings is 2. The molecule has 6 rings (SSSR count). The minimum Gasteiger partial charge on any atom is -0.490 e. The number of unbranched alkanes of at least 4 members (excludes halogenated alkanes) is 2. The lowest BCUT2D eigenvalue weighted by Crippen LogP contribution is -2.52. The number of fused-ring (bicyclic) bond motifs is 1. The van der Waals surface area contributed by atoms with Crippen LogP contribution in [0, 0.1) is 5.82 Å². The van der Waals surface area contributed by atoms with E-state index in [-0.39, 0.29) is 82.1 Å². The van der Waals surface area contributed by atoms with Crippen LogP contribution in [0.25, 0.3) is 0 Å². The Morgan fingerprint density at radius 3 is 2.46 bits per heavy atom. The SMILES string of the molecule is O=C1CCC(N2Cc3c(cc(F)cc3C3CCN(CCCCCOc4cc(C(=O)Nc5c(Cl)cncc5Cl)ccc4OC(F)F)CC3)C2=O)C(=O)N1. The minimum atomic E-state index is -3.09. The molecule has 0 spiro atoms. The number of anilines is 1. The van der Waals surface area contributed by atoms with Crippen LogP contribution in [0.2, 0.25) is 10.0 Å². The lowest BCUT2D eigenvalue weighted by molar-refractivity contribution is -0.136. The first-order valence-electron chi connectivity index (χ1n) is 17.0. The number of hydrogen-bond donors (Lipinski definition) is 2. The van der Waals surface area contributed by atoms with Gasteiger partial charge in [-0.2, -0.15) is 8.78 Å². The van der Waals surface area contributed by atoms with Gasteiger partial charge in [-0.3, -0.25) is 29.5 Å². The number of carbonyl (C=O) groups excluding carboxylic acids is 4. The molecule has 16 heteroatoms. The van der Waals surface area contributed by atoms with E-state index in [1.165, 1.54) is 47.6 Å². The lowest BCUT2D eigenvalue weighted by atomic mass is 9.85. The van der Waals surface area contributed by atoms with Gasteiger partial charge in [-0.25, -0.2) is 4.39 Å². The number of nitrogens with zero attached hydrogens (tertiary/aromatic N) is 3. The summed E-state index contributed by atoms with van der Waals surface area (Å²) in [5.41, 5.74) is 2.12. The highest BCUT2D eigenvalue weighted by Crippen LogP contribution is 2.38. The van der Waals surface area contributed by atoms with E-state index in [1.807, 2.05) is 0 Å². The third-order valence-corrected chi connectivity index (χ3v) is 10.1. The van der Waals surface area contributed by atoms with Crippen molar-refractivity contribution in [3.05, 3.63) is 80.8 Å². The van der Waals surface area contributed by atoms with Crippen LogP contribution in [0.15, 0.2) is 42.7 Å². The van der Waals surface area contributed by atoms with E-state index in [2.05, 4.69) is 25.3 Å². The van der Waals surface area contributed by atoms with Crippen LogP contribution >= 0.6 is 23.2 Å². The molecule has 1 aromatic heterocycles. The van der Waals surface area contributed by atoms with Crippen molar-refractivity contribution in [1.29, 1.82) is 0 Å². The molecule has 0 radical (unpaired) electrons. The van der Waals surface area contributed by atoms with E-state index < -0.39 is 30.3 Å². The standard InChI is InChI=1S/C36H36Cl2F3N5O6/c37-26-17-42-18-27(38)32(26)44-33(48)21-4-6-29(52-36(40)41)30(14-21)51-13-3-1-2-10-45-11-8-20(9-12-45)23-15-22(39)16-24-25(23)19-46(35(24)50)28-5-7-31(47)43-34(28)49/h4,6,14-18,20,28,36H,1-3,5,7-13,19H2,(H,42,44,48)(H,43,47,49). The first kappa shape index (κ1) is 37.4. The first-order chi connectivity index (χ1) is 25.0. The number of hydrogen-bond acceptors (Lipinski definition) is 8. The van der Waals surface area contributed by atoms with E-state index >= 15 is 0 Å². The molecule has 4 heterocycles. The fourth-order valence-corrected chi connectivity index (χ4v) is 7.41. The predicted molar refractivity (Wildman–Crippen MR) is 185 cm³/mol. The summed E-state index contributed by atoms with van der Waals surface area (Å²) < 4.78 is 51.3. The molecule has 11 nitrogen and oxygen atoms in total. The molecule has 0 bridgehead atoms. The molecule has 2 fully saturated rings. The highest BCUT2D eigenvalue weighted by Gasteiger charge is 2.41. The van der Waals surface area contributed by atoms with Gasteiger partial charge in [-0.15, -0.1) is 0 Å². The maximum Gasteiger partial charge on any atom is 0.387 e. The van der Waals surface area contributed by atoms with Gasteiger partial charge in [-0.1, -0.05) is 23.2 Å². The van der Waals surface area contributed by atoms with Crippen LogP contribution in [0.3, 0.4) is 0 Å². The Labute approximate surface area is 307 Å². The number of benzene rings is 2.